The summed E-state index contributed by atoms with van der Waals surface area (Å²) in [6, 6.07) is 12.3. The van der Waals surface area contributed by atoms with Gasteiger partial charge in [-0.3, -0.25) is 0 Å². The van der Waals surface area contributed by atoms with E-state index in [0.29, 0.717) is 29.6 Å². The molecule has 0 saturated carbocycles. The highest BCUT2D eigenvalue weighted by atomic mass is 35.5. The Labute approximate surface area is 140 Å². The highest BCUT2D eigenvalue weighted by Crippen LogP contribution is 2.23. The van der Waals surface area contributed by atoms with Gasteiger partial charge in [0.2, 0.25) is 0 Å². The van der Waals surface area contributed by atoms with Gasteiger partial charge in [-0.15, -0.1) is 0 Å². The molecule has 0 aliphatic heterocycles. The van der Waals surface area contributed by atoms with Crippen molar-refractivity contribution in [2.24, 2.45) is 0 Å². The molecule has 2 aromatic carbocycles. The summed E-state index contributed by atoms with van der Waals surface area (Å²) in [6.45, 7) is 2.66. The molecule has 0 unspecified atom stereocenters. The Kier molecular flexibility index (Phi) is 6.11. The largest absolute Gasteiger partial charge is 0.495 e. The first kappa shape index (κ1) is 17.0. The van der Waals surface area contributed by atoms with E-state index in [9.17, 15) is 4.79 Å². The third kappa shape index (κ3) is 5.07. The topological polar surface area (TPSA) is 59.6 Å². The number of rotatable bonds is 6. The van der Waals surface area contributed by atoms with Crippen molar-refractivity contribution in [2.45, 2.75) is 6.92 Å². The maximum atomic E-state index is 11.9. The third-order valence-electron chi connectivity index (χ3n) is 3.14. The first-order chi connectivity index (χ1) is 11.1. The van der Waals surface area contributed by atoms with Crippen molar-refractivity contribution in [3.63, 3.8) is 0 Å². The van der Waals surface area contributed by atoms with Crippen LogP contribution in [0.4, 0.5) is 10.5 Å². The van der Waals surface area contributed by atoms with Crippen LogP contribution in [-0.2, 0) is 0 Å². The number of carbonyl (C=O) groups is 1. The molecule has 2 amide bonds. The molecule has 2 aromatic rings. The van der Waals surface area contributed by atoms with Crippen molar-refractivity contribution in [3.05, 3.63) is 53.1 Å². The van der Waals surface area contributed by atoms with Crippen LogP contribution in [0.25, 0.3) is 0 Å². The normalized spacial score (nSPS) is 10.0. The molecule has 5 nitrogen and oxygen atoms in total. The number of aryl methyl sites for hydroxylation is 1. The zero-order valence-corrected chi connectivity index (χ0v) is 13.8. The minimum atomic E-state index is -0.314. The van der Waals surface area contributed by atoms with Gasteiger partial charge in [-0.25, -0.2) is 4.79 Å². The van der Waals surface area contributed by atoms with Crippen LogP contribution in [0.5, 0.6) is 11.5 Å². The number of hydrogen-bond acceptors (Lipinski definition) is 3. The Balaban J connectivity index is 1.76. The number of benzene rings is 2. The van der Waals surface area contributed by atoms with Crippen LogP contribution in [0.1, 0.15) is 5.56 Å². The molecule has 0 radical (unpaired) electrons. The summed E-state index contributed by atoms with van der Waals surface area (Å²) in [5.74, 6) is 1.36. The Hall–Kier alpha value is -2.40. The summed E-state index contributed by atoms with van der Waals surface area (Å²) in [5, 5.41) is 6.13. The molecular weight excluding hydrogens is 316 g/mol. The molecule has 2 N–H and O–H groups in total. The van der Waals surface area contributed by atoms with E-state index < -0.39 is 0 Å². The van der Waals surface area contributed by atoms with Gasteiger partial charge < -0.3 is 20.1 Å². The number of methoxy groups -OCH3 is 1. The lowest BCUT2D eigenvalue weighted by Crippen LogP contribution is -2.32. The minimum Gasteiger partial charge on any atom is -0.495 e. The predicted octanol–water partition coefficient (Wildman–Crippen LogP) is 3.86. The minimum absolute atomic E-state index is 0.314. The number of anilines is 1. The fourth-order valence-electron chi connectivity index (χ4n) is 2.01. The maximum Gasteiger partial charge on any atom is 0.319 e. The number of nitrogens with one attached hydrogen (secondary N) is 2. The van der Waals surface area contributed by atoms with Gasteiger partial charge in [0.25, 0.3) is 0 Å². The highest BCUT2D eigenvalue weighted by molar-refractivity contribution is 6.30. The maximum absolute atomic E-state index is 11.9. The molecular formula is C17H19ClN2O3. The molecule has 2 rings (SSSR count). The molecule has 0 fully saturated rings. The first-order valence-electron chi connectivity index (χ1n) is 7.17. The van der Waals surface area contributed by atoms with Crippen LogP contribution in [0.15, 0.2) is 42.5 Å². The van der Waals surface area contributed by atoms with Crippen LogP contribution in [0.2, 0.25) is 5.02 Å². The molecule has 0 bridgehead atoms. The molecule has 0 aliphatic carbocycles. The zero-order valence-electron chi connectivity index (χ0n) is 13.1. The molecule has 0 saturated heterocycles. The van der Waals surface area contributed by atoms with Crippen LogP contribution in [0.3, 0.4) is 0 Å². The quantitative estimate of drug-likeness (QED) is 0.789. The molecule has 6 heteroatoms. The second-order valence-electron chi connectivity index (χ2n) is 4.84. The highest BCUT2D eigenvalue weighted by Gasteiger charge is 2.06. The average Bonchev–Trinajstić information content (AvgIpc) is 2.53. The van der Waals surface area contributed by atoms with E-state index in [4.69, 9.17) is 21.1 Å². The molecule has 0 spiro atoms. The monoisotopic (exact) mass is 334 g/mol. The van der Waals surface area contributed by atoms with E-state index in [-0.39, 0.29) is 6.03 Å². The summed E-state index contributed by atoms with van der Waals surface area (Å²) < 4.78 is 10.8. The Bertz CT molecular complexity index is 677. The smallest absolute Gasteiger partial charge is 0.319 e. The fourth-order valence-corrected chi connectivity index (χ4v) is 2.24. The van der Waals surface area contributed by atoms with E-state index in [1.807, 2.05) is 31.2 Å². The molecule has 0 aliphatic rings. The van der Waals surface area contributed by atoms with Crippen LogP contribution in [0, 0.1) is 6.92 Å². The van der Waals surface area contributed by atoms with E-state index in [1.54, 1.807) is 25.3 Å². The summed E-state index contributed by atoms with van der Waals surface area (Å²) in [4.78, 5) is 11.9. The second kappa shape index (κ2) is 8.29. The number of hydrogen-bond donors (Lipinski definition) is 2. The fraction of sp³-hybridized carbons (Fsp3) is 0.235. The lowest BCUT2D eigenvalue weighted by Gasteiger charge is -2.12. The molecule has 0 heterocycles. The Morgan fingerprint density at radius 3 is 2.70 bits per heavy atom. The second-order valence-corrected chi connectivity index (χ2v) is 5.28. The first-order valence-corrected chi connectivity index (χ1v) is 7.55. The van der Waals surface area contributed by atoms with E-state index >= 15 is 0 Å². The summed E-state index contributed by atoms with van der Waals surface area (Å²) in [5.41, 5.74) is 1.57. The van der Waals surface area contributed by atoms with Crippen molar-refractivity contribution >= 4 is 23.3 Å². The summed E-state index contributed by atoms with van der Waals surface area (Å²) in [6.07, 6.45) is 0. The van der Waals surface area contributed by atoms with Gasteiger partial charge in [0, 0.05) is 5.02 Å². The summed E-state index contributed by atoms with van der Waals surface area (Å²) in [7, 11) is 1.56. The van der Waals surface area contributed by atoms with Crippen LogP contribution < -0.4 is 20.1 Å². The van der Waals surface area contributed by atoms with Gasteiger partial charge in [0.05, 0.1) is 19.3 Å². The van der Waals surface area contributed by atoms with Crippen LogP contribution >= 0.6 is 11.6 Å². The molecule has 0 atom stereocenters. The van der Waals surface area contributed by atoms with Gasteiger partial charge >= 0.3 is 6.03 Å². The standard InChI is InChI=1S/C17H19ClN2O3/c1-12-11-13(18)7-8-15(12)23-10-9-19-17(21)20-14-5-3-4-6-16(14)22-2/h3-8,11H,9-10H2,1-2H3,(H2,19,20,21). The van der Waals surface area contributed by atoms with Gasteiger partial charge in [-0.05, 0) is 42.8 Å². The third-order valence-corrected chi connectivity index (χ3v) is 3.37. The van der Waals surface area contributed by atoms with Crippen molar-refractivity contribution in [1.29, 1.82) is 0 Å². The molecule has 122 valence electrons. The number of ether oxygens (including phenoxy) is 2. The van der Waals surface area contributed by atoms with Gasteiger partial charge in [-0.1, -0.05) is 23.7 Å². The Morgan fingerprint density at radius 2 is 1.96 bits per heavy atom. The van der Waals surface area contributed by atoms with Crippen molar-refractivity contribution in [2.75, 3.05) is 25.6 Å². The summed E-state index contributed by atoms with van der Waals surface area (Å²) >= 11 is 5.89. The molecule has 23 heavy (non-hydrogen) atoms. The van der Waals surface area contributed by atoms with Crippen LogP contribution in [-0.4, -0.2) is 26.3 Å². The zero-order chi connectivity index (χ0) is 16.7. The van der Waals surface area contributed by atoms with E-state index in [0.717, 1.165) is 11.3 Å². The number of urea groups is 1. The van der Waals surface area contributed by atoms with Gasteiger partial charge in [-0.2, -0.15) is 0 Å². The number of carbonyl (C=O) groups excluding carboxylic acids is 1. The van der Waals surface area contributed by atoms with E-state index in [2.05, 4.69) is 10.6 Å². The van der Waals surface area contributed by atoms with Crippen molar-refractivity contribution in [3.8, 4) is 11.5 Å². The number of amides is 2. The lowest BCUT2D eigenvalue weighted by molar-refractivity contribution is 0.247. The molecule has 0 aromatic heterocycles. The Morgan fingerprint density at radius 1 is 1.17 bits per heavy atom. The van der Waals surface area contributed by atoms with Gasteiger partial charge in [0.15, 0.2) is 0 Å². The van der Waals surface area contributed by atoms with Crippen molar-refractivity contribution < 1.29 is 14.3 Å². The predicted molar refractivity (Wildman–Crippen MR) is 91.7 cm³/mol. The SMILES string of the molecule is COc1ccccc1NC(=O)NCCOc1ccc(Cl)cc1C. The van der Waals surface area contributed by atoms with Gasteiger partial charge in [0.1, 0.15) is 18.1 Å². The lowest BCUT2D eigenvalue weighted by atomic mass is 10.2. The number of halogens is 1. The van der Waals surface area contributed by atoms with E-state index in [1.165, 1.54) is 0 Å². The number of para-hydroxylation sites is 2. The average molecular weight is 335 g/mol. The van der Waals surface area contributed by atoms with Crippen molar-refractivity contribution in [1.82, 2.24) is 5.32 Å².